The van der Waals surface area contributed by atoms with E-state index in [0.717, 1.165) is 39.5 Å². The van der Waals surface area contributed by atoms with Crippen molar-refractivity contribution in [3.63, 3.8) is 0 Å². The summed E-state index contributed by atoms with van der Waals surface area (Å²) in [5, 5.41) is 6.65. The molecule has 2 heterocycles. The number of aromatic nitrogens is 2. The van der Waals surface area contributed by atoms with Gasteiger partial charge in [-0.15, -0.1) is 11.3 Å². The molecule has 0 spiro atoms. The number of anilines is 2. The molecule has 4 aromatic rings. The van der Waals surface area contributed by atoms with Crippen LogP contribution in [0.1, 0.15) is 19.4 Å². The van der Waals surface area contributed by atoms with Crippen molar-refractivity contribution in [2.45, 2.75) is 20.3 Å². The number of fused-ring (bicyclic) bond motifs is 1. The molecule has 1 N–H and O–H groups in total. The highest BCUT2D eigenvalue weighted by atomic mass is 32.1. The van der Waals surface area contributed by atoms with Crippen LogP contribution in [0, 0.1) is 0 Å². The van der Waals surface area contributed by atoms with E-state index in [9.17, 15) is 0 Å². The van der Waals surface area contributed by atoms with Crippen molar-refractivity contribution in [1.82, 2.24) is 9.97 Å². The Morgan fingerprint density at radius 2 is 1.74 bits per heavy atom. The molecule has 0 radical (unpaired) electrons. The highest BCUT2D eigenvalue weighted by molar-refractivity contribution is 7.17. The van der Waals surface area contributed by atoms with Crippen LogP contribution in [0.3, 0.4) is 0 Å². The molecule has 0 saturated heterocycles. The van der Waals surface area contributed by atoms with Crippen molar-refractivity contribution in [3.05, 3.63) is 65.8 Å². The summed E-state index contributed by atoms with van der Waals surface area (Å²) in [5.74, 6) is 1.68. The molecule has 2 aromatic heterocycles. The zero-order chi connectivity index (χ0) is 18.6. The van der Waals surface area contributed by atoms with Gasteiger partial charge in [0.05, 0.1) is 12.0 Å². The number of hydrogen-bond acceptors (Lipinski definition) is 5. The van der Waals surface area contributed by atoms with E-state index < -0.39 is 0 Å². The quantitative estimate of drug-likeness (QED) is 0.445. The highest BCUT2D eigenvalue weighted by Crippen LogP contribution is 2.37. The Balaban J connectivity index is 1.71. The van der Waals surface area contributed by atoms with E-state index >= 15 is 0 Å². The van der Waals surface area contributed by atoms with Crippen LogP contribution in [-0.4, -0.2) is 16.6 Å². The van der Waals surface area contributed by atoms with Crippen LogP contribution in [0.4, 0.5) is 11.5 Å². The fraction of sp³-hybridized carbons (Fsp3) is 0.182. The molecule has 0 aliphatic rings. The molecular formula is C22H21N3OS. The zero-order valence-corrected chi connectivity index (χ0v) is 16.2. The average Bonchev–Trinajstić information content (AvgIpc) is 3.15. The molecule has 2 aromatic carbocycles. The van der Waals surface area contributed by atoms with E-state index in [0.29, 0.717) is 6.61 Å². The van der Waals surface area contributed by atoms with Gasteiger partial charge in [0.25, 0.3) is 0 Å². The maximum atomic E-state index is 5.51. The summed E-state index contributed by atoms with van der Waals surface area (Å²) in [6.45, 7) is 4.81. The first-order chi connectivity index (χ1) is 13.3. The Labute approximate surface area is 162 Å². The molecule has 4 rings (SSSR count). The predicted molar refractivity (Wildman–Crippen MR) is 113 cm³/mol. The van der Waals surface area contributed by atoms with Gasteiger partial charge in [-0.3, -0.25) is 0 Å². The molecule has 0 amide bonds. The third-order valence-electron chi connectivity index (χ3n) is 4.47. The molecule has 5 heteroatoms. The zero-order valence-electron chi connectivity index (χ0n) is 15.4. The second-order valence-corrected chi connectivity index (χ2v) is 7.04. The summed E-state index contributed by atoms with van der Waals surface area (Å²) < 4.78 is 5.51. The van der Waals surface area contributed by atoms with E-state index in [1.807, 2.05) is 31.2 Å². The molecule has 136 valence electrons. The average molecular weight is 375 g/mol. The van der Waals surface area contributed by atoms with Crippen molar-refractivity contribution in [2.24, 2.45) is 0 Å². The van der Waals surface area contributed by atoms with Gasteiger partial charge in [0.1, 0.15) is 22.7 Å². The maximum Gasteiger partial charge on any atom is 0.143 e. The fourth-order valence-electron chi connectivity index (χ4n) is 3.04. The smallest absolute Gasteiger partial charge is 0.143 e. The lowest BCUT2D eigenvalue weighted by Crippen LogP contribution is -1.96. The number of ether oxygens (including phenoxy) is 1. The van der Waals surface area contributed by atoms with Crippen LogP contribution < -0.4 is 10.1 Å². The summed E-state index contributed by atoms with van der Waals surface area (Å²) in [6.07, 6.45) is 2.65. The fourth-order valence-corrected chi connectivity index (χ4v) is 3.96. The van der Waals surface area contributed by atoms with Crippen molar-refractivity contribution < 1.29 is 4.74 Å². The van der Waals surface area contributed by atoms with Gasteiger partial charge in [0, 0.05) is 16.6 Å². The van der Waals surface area contributed by atoms with Crippen LogP contribution in [0.25, 0.3) is 21.3 Å². The molecule has 0 aliphatic carbocycles. The number of nitrogens with one attached hydrogen (secondary N) is 1. The first-order valence-corrected chi connectivity index (χ1v) is 9.98. The van der Waals surface area contributed by atoms with Crippen molar-refractivity contribution in [2.75, 3.05) is 11.9 Å². The van der Waals surface area contributed by atoms with E-state index in [-0.39, 0.29) is 0 Å². The predicted octanol–water partition coefficient (Wildman–Crippen LogP) is 6.06. The van der Waals surface area contributed by atoms with Crippen LogP contribution in [0.5, 0.6) is 5.75 Å². The van der Waals surface area contributed by atoms with Gasteiger partial charge in [-0.25, -0.2) is 9.97 Å². The van der Waals surface area contributed by atoms with Crippen molar-refractivity contribution in [3.8, 4) is 16.9 Å². The highest BCUT2D eigenvalue weighted by Gasteiger charge is 2.13. The third kappa shape index (κ3) is 3.64. The molecule has 4 nitrogen and oxygen atoms in total. The maximum absolute atomic E-state index is 5.51. The number of rotatable bonds is 6. The lowest BCUT2D eigenvalue weighted by molar-refractivity contribution is 0.340. The summed E-state index contributed by atoms with van der Waals surface area (Å²) in [4.78, 5) is 9.94. The molecule has 0 unspecified atom stereocenters. The van der Waals surface area contributed by atoms with Gasteiger partial charge < -0.3 is 10.1 Å². The van der Waals surface area contributed by atoms with E-state index in [1.165, 1.54) is 11.1 Å². The Bertz CT molecular complexity index is 1040. The molecule has 0 atom stereocenters. The molecule has 0 aliphatic heterocycles. The normalized spacial score (nSPS) is 10.9. The van der Waals surface area contributed by atoms with Crippen LogP contribution >= 0.6 is 11.3 Å². The van der Waals surface area contributed by atoms with E-state index in [2.05, 4.69) is 51.9 Å². The minimum Gasteiger partial charge on any atom is -0.494 e. The second-order valence-electron chi connectivity index (χ2n) is 6.18. The van der Waals surface area contributed by atoms with Gasteiger partial charge in [-0.2, -0.15) is 0 Å². The molecule has 0 fully saturated rings. The molecular weight excluding hydrogens is 354 g/mol. The van der Waals surface area contributed by atoms with Gasteiger partial charge in [0.15, 0.2) is 0 Å². The lowest BCUT2D eigenvalue weighted by Gasteiger charge is -2.10. The first-order valence-electron chi connectivity index (χ1n) is 9.10. The molecule has 0 saturated carbocycles. The molecule has 27 heavy (non-hydrogen) atoms. The third-order valence-corrected chi connectivity index (χ3v) is 5.36. The van der Waals surface area contributed by atoms with Gasteiger partial charge in [0.2, 0.25) is 0 Å². The minimum atomic E-state index is 0.661. The largest absolute Gasteiger partial charge is 0.494 e. The number of nitrogens with zero attached hydrogens (tertiary/aromatic N) is 2. The Hall–Kier alpha value is -2.92. The van der Waals surface area contributed by atoms with Gasteiger partial charge in [-0.05, 0) is 48.7 Å². The Morgan fingerprint density at radius 1 is 0.963 bits per heavy atom. The monoisotopic (exact) mass is 375 g/mol. The summed E-state index contributed by atoms with van der Waals surface area (Å²) in [6, 6.07) is 16.6. The van der Waals surface area contributed by atoms with Crippen molar-refractivity contribution >= 4 is 33.1 Å². The Morgan fingerprint density at radius 3 is 2.44 bits per heavy atom. The SMILES string of the molecule is CCOc1ccc(Nc2ncnc3scc(-c4ccc(CC)cc4)c23)cc1. The van der Waals surface area contributed by atoms with E-state index in [1.54, 1.807) is 17.7 Å². The lowest BCUT2D eigenvalue weighted by atomic mass is 10.0. The number of thiophene rings is 1. The van der Waals surface area contributed by atoms with Crippen LogP contribution in [0.2, 0.25) is 0 Å². The Kier molecular flexibility index (Phi) is 5.03. The van der Waals surface area contributed by atoms with Crippen molar-refractivity contribution in [1.29, 1.82) is 0 Å². The van der Waals surface area contributed by atoms with E-state index in [4.69, 9.17) is 4.74 Å². The minimum absolute atomic E-state index is 0.661. The van der Waals surface area contributed by atoms with Crippen LogP contribution in [0.15, 0.2) is 60.2 Å². The number of benzene rings is 2. The topological polar surface area (TPSA) is 47.0 Å². The summed E-state index contributed by atoms with van der Waals surface area (Å²) in [5.41, 5.74) is 4.65. The number of hydrogen-bond donors (Lipinski definition) is 1. The summed E-state index contributed by atoms with van der Waals surface area (Å²) in [7, 11) is 0. The van der Waals surface area contributed by atoms with Crippen LogP contribution in [-0.2, 0) is 6.42 Å². The molecule has 0 bridgehead atoms. The second kappa shape index (κ2) is 7.76. The van der Waals surface area contributed by atoms with Gasteiger partial charge in [-0.1, -0.05) is 31.2 Å². The number of aryl methyl sites for hydroxylation is 1. The first kappa shape index (κ1) is 17.5. The standard InChI is InChI=1S/C22H21N3OS/c1-3-15-5-7-16(8-6-15)19-13-27-22-20(19)21(23-14-24-22)25-17-9-11-18(12-10-17)26-4-2/h5-14H,3-4H2,1-2H3,(H,23,24,25). The summed E-state index contributed by atoms with van der Waals surface area (Å²) >= 11 is 1.64. The van der Waals surface area contributed by atoms with Gasteiger partial charge >= 0.3 is 0 Å².